The topological polar surface area (TPSA) is 35.2 Å². The first-order chi connectivity index (χ1) is 10.1. The van der Waals surface area contributed by atoms with Crippen LogP contribution in [0.15, 0.2) is 36.4 Å². The largest absolute Gasteiger partial charge is 0.543 e. The van der Waals surface area contributed by atoms with Crippen LogP contribution in [0, 0.1) is 0 Å². The summed E-state index contributed by atoms with van der Waals surface area (Å²) in [7, 11) is -1.81. The van der Waals surface area contributed by atoms with Gasteiger partial charge in [0.1, 0.15) is 5.75 Å². The molecule has 2 nitrogen and oxygen atoms in total. The normalized spacial score (nSPS) is 17.5. The molecule has 1 aliphatic carbocycles. The molecule has 22 heavy (non-hydrogen) atoms. The minimum atomic E-state index is -1.81. The van der Waals surface area contributed by atoms with Gasteiger partial charge in [-0.1, -0.05) is 45.0 Å². The predicted octanol–water partition coefficient (Wildman–Crippen LogP) is 5.17. The first kappa shape index (κ1) is 15.6. The number of hydrogen-bond acceptors (Lipinski definition) is 2. The van der Waals surface area contributed by atoms with E-state index in [9.17, 15) is 0 Å². The van der Waals surface area contributed by atoms with Crippen molar-refractivity contribution >= 4 is 19.1 Å². The lowest BCUT2D eigenvalue weighted by Crippen LogP contribution is -2.43. The highest BCUT2D eigenvalue weighted by atomic mass is 28.4. The number of fused-ring (bicyclic) bond motifs is 1. The third-order valence-electron chi connectivity index (χ3n) is 5.36. The minimum absolute atomic E-state index is 0.116. The summed E-state index contributed by atoms with van der Waals surface area (Å²) in [5.41, 5.74) is 7.60. The molecule has 0 spiro atoms. The Kier molecular flexibility index (Phi) is 3.42. The van der Waals surface area contributed by atoms with E-state index < -0.39 is 8.32 Å². The average Bonchev–Trinajstić information content (AvgIpc) is 3.15. The van der Waals surface area contributed by atoms with Crippen LogP contribution in [0.3, 0.4) is 0 Å². The Balaban J connectivity index is 2.03. The van der Waals surface area contributed by atoms with E-state index in [1.54, 1.807) is 0 Å². The fraction of sp³-hybridized carbons (Fsp3) is 0.474. The van der Waals surface area contributed by atoms with Gasteiger partial charge in [-0.2, -0.15) is 0 Å². The fourth-order valence-corrected chi connectivity index (χ4v) is 3.62. The summed E-state index contributed by atoms with van der Waals surface area (Å²) in [6, 6.07) is 12.9. The van der Waals surface area contributed by atoms with Crippen LogP contribution in [0.1, 0.15) is 39.2 Å². The zero-order valence-corrected chi connectivity index (χ0v) is 15.4. The molecule has 0 radical (unpaired) electrons. The standard InChI is InChI=1S/C19H27NOSi/c1-18(2,3)22(4,5)21-15-10-9-14-7-6-8-17(16(14)13-15)19(20)11-12-19/h6-10,13H,11-12,20H2,1-5H3. The van der Waals surface area contributed by atoms with E-state index >= 15 is 0 Å². The van der Waals surface area contributed by atoms with Crippen LogP contribution in [0.25, 0.3) is 10.8 Å². The molecule has 3 heteroatoms. The monoisotopic (exact) mass is 313 g/mol. The summed E-state index contributed by atoms with van der Waals surface area (Å²) < 4.78 is 6.46. The average molecular weight is 314 g/mol. The van der Waals surface area contributed by atoms with E-state index in [0.29, 0.717) is 0 Å². The molecule has 0 saturated heterocycles. The van der Waals surface area contributed by atoms with Gasteiger partial charge in [0.25, 0.3) is 0 Å². The minimum Gasteiger partial charge on any atom is -0.543 e. The third-order valence-corrected chi connectivity index (χ3v) is 9.72. The van der Waals surface area contributed by atoms with Crippen molar-refractivity contribution in [3.8, 4) is 5.75 Å². The second kappa shape index (κ2) is 4.84. The second-order valence-corrected chi connectivity index (χ2v) is 12.9. The van der Waals surface area contributed by atoms with Gasteiger partial charge in [0.05, 0.1) is 0 Å². The molecule has 0 atom stereocenters. The lowest BCUT2D eigenvalue weighted by Gasteiger charge is -2.36. The van der Waals surface area contributed by atoms with Crippen LogP contribution < -0.4 is 10.2 Å². The van der Waals surface area contributed by atoms with Gasteiger partial charge < -0.3 is 10.2 Å². The Morgan fingerprint density at radius 3 is 2.36 bits per heavy atom. The number of rotatable bonds is 3. The number of nitrogens with two attached hydrogens (primary N) is 1. The van der Waals surface area contributed by atoms with Crippen molar-refractivity contribution in [1.29, 1.82) is 0 Å². The molecule has 1 fully saturated rings. The molecule has 0 bridgehead atoms. The molecular formula is C19H27NOSi. The van der Waals surface area contributed by atoms with Crippen molar-refractivity contribution < 1.29 is 4.43 Å². The Labute approximate surface area is 134 Å². The van der Waals surface area contributed by atoms with Crippen LogP contribution in [-0.4, -0.2) is 8.32 Å². The van der Waals surface area contributed by atoms with Crippen molar-refractivity contribution in [3.05, 3.63) is 42.0 Å². The fourth-order valence-electron chi connectivity index (χ4n) is 2.60. The van der Waals surface area contributed by atoms with Gasteiger partial charge in [-0.25, -0.2) is 0 Å². The lowest BCUT2D eigenvalue weighted by molar-refractivity contribution is 0.493. The predicted molar refractivity (Wildman–Crippen MR) is 96.9 cm³/mol. The first-order valence-electron chi connectivity index (χ1n) is 8.14. The van der Waals surface area contributed by atoms with Gasteiger partial charge in [-0.3, -0.25) is 0 Å². The van der Waals surface area contributed by atoms with E-state index in [1.165, 1.54) is 16.3 Å². The molecule has 3 rings (SSSR count). The molecule has 1 saturated carbocycles. The zero-order valence-electron chi connectivity index (χ0n) is 14.4. The van der Waals surface area contributed by atoms with E-state index in [4.69, 9.17) is 10.2 Å². The molecule has 0 amide bonds. The van der Waals surface area contributed by atoms with E-state index in [1.807, 2.05) is 0 Å². The molecule has 0 aromatic heterocycles. The molecule has 2 N–H and O–H groups in total. The van der Waals surface area contributed by atoms with Gasteiger partial charge in [0, 0.05) is 5.54 Å². The van der Waals surface area contributed by atoms with Crippen molar-refractivity contribution in [1.82, 2.24) is 0 Å². The summed E-state index contributed by atoms with van der Waals surface area (Å²) >= 11 is 0. The molecule has 1 aliphatic rings. The van der Waals surface area contributed by atoms with Crippen LogP contribution in [0.2, 0.25) is 18.1 Å². The molecule has 0 aliphatic heterocycles. The third kappa shape index (κ3) is 2.68. The highest BCUT2D eigenvalue weighted by molar-refractivity contribution is 6.74. The van der Waals surface area contributed by atoms with Crippen LogP contribution in [0.4, 0.5) is 0 Å². The quantitative estimate of drug-likeness (QED) is 0.793. The molecule has 0 heterocycles. The maximum atomic E-state index is 6.46. The number of benzene rings is 2. The Morgan fingerprint density at radius 1 is 1.09 bits per heavy atom. The van der Waals surface area contributed by atoms with Crippen molar-refractivity contribution in [2.75, 3.05) is 0 Å². The molecule has 118 valence electrons. The highest BCUT2D eigenvalue weighted by Gasteiger charge is 2.41. The van der Waals surface area contributed by atoms with Gasteiger partial charge in [0.2, 0.25) is 8.32 Å². The zero-order chi connectivity index (χ0) is 16.2. The summed E-state index contributed by atoms with van der Waals surface area (Å²) in [4.78, 5) is 0. The summed E-state index contributed by atoms with van der Waals surface area (Å²) in [5.74, 6) is 0.982. The van der Waals surface area contributed by atoms with Crippen LogP contribution in [-0.2, 0) is 5.54 Å². The van der Waals surface area contributed by atoms with Crippen molar-refractivity contribution in [2.24, 2.45) is 5.73 Å². The molecular weight excluding hydrogens is 286 g/mol. The molecule has 2 aromatic carbocycles. The lowest BCUT2D eigenvalue weighted by atomic mass is 9.97. The van der Waals surface area contributed by atoms with Gasteiger partial charge >= 0.3 is 0 Å². The highest BCUT2D eigenvalue weighted by Crippen LogP contribution is 2.46. The van der Waals surface area contributed by atoms with E-state index in [-0.39, 0.29) is 10.6 Å². The van der Waals surface area contributed by atoms with Crippen LogP contribution >= 0.6 is 0 Å². The maximum Gasteiger partial charge on any atom is 0.250 e. The van der Waals surface area contributed by atoms with E-state index in [2.05, 4.69) is 70.3 Å². The molecule has 2 aromatic rings. The Bertz CT molecular complexity index is 711. The van der Waals surface area contributed by atoms with Gasteiger partial charge in [-0.15, -0.1) is 0 Å². The first-order valence-corrected chi connectivity index (χ1v) is 11.0. The summed E-state index contributed by atoms with van der Waals surface area (Å²) in [6.07, 6.45) is 2.17. The van der Waals surface area contributed by atoms with Crippen LogP contribution in [0.5, 0.6) is 5.75 Å². The Hall–Kier alpha value is -1.32. The van der Waals surface area contributed by atoms with Crippen molar-refractivity contribution in [2.45, 2.75) is 57.3 Å². The number of hydrogen-bond donors (Lipinski definition) is 1. The molecule has 0 unspecified atom stereocenters. The maximum absolute atomic E-state index is 6.46. The second-order valence-electron chi connectivity index (χ2n) is 8.21. The van der Waals surface area contributed by atoms with E-state index in [0.717, 1.165) is 18.6 Å². The van der Waals surface area contributed by atoms with Crippen molar-refractivity contribution in [3.63, 3.8) is 0 Å². The summed E-state index contributed by atoms with van der Waals surface area (Å²) in [5, 5.41) is 2.70. The summed E-state index contributed by atoms with van der Waals surface area (Å²) in [6.45, 7) is 11.4. The SMILES string of the molecule is CC(C)(C)[Si](C)(C)Oc1ccc2cccc(C3(N)CC3)c2c1. The van der Waals surface area contributed by atoms with Gasteiger partial charge in [-0.05, 0) is 59.4 Å². The Morgan fingerprint density at radius 2 is 1.77 bits per heavy atom. The van der Waals surface area contributed by atoms with Gasteiger partial charge in [0.15, 0.2) is 0 Å². The smallest absolute Gasteiger partial charge is 0.250 e.